The molecule has 0 aromatic carbocycles. The Morgan fingerprint density at radius 3 is 1.69 bits per heavy atom. The predicted octanol–water partition coefficient (Wildman–Crippen LogP) is 11.4. The molecule has 0 radical (unpaired) electrons. The van der Waals surface area contributed by atoms with Gasteiger partial charge in [-0.1, -0.05) is 136 Å². The van der Waals surface area contributed by atoms with E-state index in [2.05, 4.69) is 105 Å². The summed E-state index contributed by atoms with van der Waals surface area (Å²) in [6.45, 7) is 3.39. The number of allylic oxidation sites excluding steroid dienone is 16. The third kappa shape index (κ3) is 34.7. The normalized spacial score (nSPS) is 17.9. The number of ether oxygens (including phenoxy) is 3. The second kappa shape index (κ2) is 37.9. The Balaban J connectivity index is 2.30. The molecule has 58 heavy (non-hydrogen) atoms. The van der Waals surface area contributed by atoms with Crippen LogP contribution in [0.1, 0.15) is 129 Å². The average molecular weight is 828 g/mol. The number of phosphoric acid groups is 1. The van der Waals surface area contributed by atoms with Gasteiger partial charge in [-0.25, -0.2) is 4.57 Å². The molecule has 1 heterocycles. The van der Waals surface area contributed by atoms with Crippen LogP contribution in [0.4, 0.5) is 0 Å². The van der Waals surface area contributed by atoms with Crippen LogP contribution in [0, 0.1) is 0 Å². The Hall–Kier alpha value is -3.37. The molecule has 0 aromatic rings. The first-order valence-corrected chi connectivity index (χ1v) is 23.0. The molecule has 1 rings (SSSR count). The van der Waals surface area contributed by atoms with Crippen LogP contribution in [0.3, 0.4) is 0 Å². The average Bonchev–Trinajstić information content (AvgIpc) is 3.97. The van der Waals surface area contributed by atoms with Gasteiger partial charge in [0, 0.05) is 19.4 Å². The Labute approximate surface area is 350 Å². The molecule has 1 fully saturated rings. The fourth-order valence-electron chi connectivity index (χ4n) is 5.28. The summed E-state index contributed by atoms with van der Waals surface area (Å²) < 4.78 is 38.4. The van der Waals surface area contributed by atoms with Gasteiger partial charge in [-0.15, -0.1) is 0 Å². The van der Waals surface area contributed by atoms with Gasteiger partial charge in [-0.3, -0.25) is 18.6 Å². The van der Waals surface area contributed by atoms with Crippen LogP contribution < -0.4 is 5.73 Å². The summed E-state index contributed by atoms with van der Waals surface area (Å²) in [6, 6.07) is 0. The van der Waals surface area contributed by atoms with E-state index in [9.17, 15) is 19.0 Å². The van der Waals surface area contributed by atoms with Crippen LogP contribution >= 0.6 is 7.82 Å². The highest BCUT2D eigenvalue weighted by atomic mass is 31.2. The van der Waals surface area contributed by atoms with E-state index in [4.69, 9.17) is 29.0 Å². The SMILES string of the molecule is CC/C=C\C/C=C\C/C=C\C/C=C\C/C=C\C/C=C\CCC(=O)OC[C@H](COP(=O)(O)OCCN)OC(=O)CCC/C=C\C/C=C\CC1OC1C/C=C\CCCCC. The molecule has 1 saturated heterocycles. The van der Waals surface area contributed by atoms with E-state index in [-0.39, 0.29) is 32.6 Å². The lowest BCUT2D eigenvalue weighted by Gasteiger charge is -2.19. The van der Waals surface area contributed by atoms with Gasteiger partial charge in [0.25, 0.3) is 0 Å². The third-order valence-corrected chi connectivity index (χ3v) is 9.54. The molecular formula is C47H74NO9P. The highest BCUT2D eigenvalue weighted by Gasteiger charge is 2.36. The van der Waals surface area contributed by atoms with Crippen LogP contribution in [0.2, 0.25) is 0 Å². The van der Waals surface area contributed by atoms with Crippen LogP contribution in [0.5, 0.6) is 0 Å². The molecule has 0 saturated carbocycles. The monoisotopic (exact) mass is 828 g/mol. The molecule has 1 aliphatic heterocycles. The summed E-state index contributed by atoms with van der Waals surface area (Å²) in [7, 11) is -4.42. The Morgan fingerprint density at radius 2 is 1.12 bits per heavy atom. The van der Waals surface area contributed by atoms with Crippen molar-refractivity contribution in [3.63, 3.8) is 0 Å². The summed E-state index contributed by atoms with van der Waals surface area (Å²) in [5, 5.41) is 0. The van der Waals surface area contributed by atoms with E-state index in [1.54, 1.807) is 0 Å². The number of rotatable bonds is 37. The first-order valence-electron chi connectivity index (χ1n) is 21.5. The van der Waals surface area contributed by atoms with Gasteiger partial charge < -0.3 is 24.8 Å². The van der Waals surface area contributed by atoms with E-state index in [0.29, 0.717) is 31.5 Å². The number of hydrogen-bond donors (Lipinski definition) is 2. The van der Waals surface area contributed by atoms with Crippen LogP contribution in [0.25, 0.3) is 0 Å². The van der Waals surface area contributed by atoms with Crippen molar-refractivity contribution in [1.82, 2.24) is 0 Å². The van der Waals surface area contributed by atoms with Crippen molar-refractivity contribution in [2.45, 2.75) is 148 Å². The van der Waals surface area contributed by atoms with Gasteiger partial charge in [0.2, 0.25) is 0 Å². The van der Waals surface area contributed by atoms with Gasteiger partial charge in [0.05, 0.1) is 25.4 Å². The number of epoxide rings is 1. The van der Waals surface area contributed by atoms with Crippen LogP contribution in [-0.2, 0) is 37.4 Å². The lowest BCUT2D eigenvalue weighted by molar-refractivity contribution is -0.161. The van der Waals surface area contributed by atoms with E-state index in [1.165, 1.54) is 19.3 Å². The minimum Gasteiger partial charge on any atom is -0.462 e. The third-order valence-electron chi connectivity index (χ3n) is 8.56. The van der Waals surface area contributed by atoms with Crippen molar-refractivity contribution >= 4 is 19.8 Å². The number of nitrogens with two attached hydrogens (primary N) is 1. The molecule has 0 amide bonds. The largest absolute Gasteiger partial charge is 0.472 e. The number of hydrogen-bond acceptors (Lipinski definition) is 9. The van der Waals surface area contributed by atoms with E-state index < -0.39 is 32.5 Å². The zero-order valence-electron chi connectivity index (χ0n) is 35.4. The predicted molar refractivity (Wildman–Crippen MR) is 237 cm³/mol. The van der Waals surface area contributed by atoms with Crippen molar-refractivity contribution in [2.24, 2.45) is 5.73 Å². The minimum atomic E-state index is -4.42. The quantitative estimate of drug-likeness (QED) is 0.0204. The number of carbonyl (C=O) groups is 2. The highest BCUT2D eigenvalue weighted by molar-refractivity contribution is 7.47. The van der Waals surface area contributed by atoms with E-state index in [1.807, 2.05) is 18.2 Å². The fraction of sp³-hybridized carbons (Fsp3) is 0.574. The Kier molecular flexibility index (Phi) is 34.4. The summed E-state index contributed by atoms with van der Waals surface area (Å²) >= 11 is 0. The minimum absolute atomic E-state index is 0.0264. The molecule has 11 heteroatoms. The number of carbonyl (C=O) groups excluding carboxylic acids is 2. The van der Waals surface area contributed by atoms with Crippen molar-refractivity contribution in [1.29, 1.82) is 0 Å². The second-order valence-electron chi connectivity index (χ2n) is 13.9. The summed E-state index contributed by atoms with van der Waals surface area (Å²) in [5.74, 6) is -1.01. The summed E-state index contributed by atoms with van der Waals surface area (Å²) in [4.78, 5) is 34.8. The van der Waals surface area contributed by atoms with Gasteiger partial charge in [-0.05, 0) is 89.9 Å². The highest BCUT2D eigenvalue weighted by Crippen LogP contribution is 2.43. The zero-order valence-corrected chi connectivity index (χ0v) is 36.3. The van der Waals surface area contributed by atoms with Crippen molar-refractivity contribution in [3.8, 4) is 0 Å². The molecule has 3 unspecified atom stereocenters. The molecule has 0 spiro atoms. The van der Waals surface area contributed by atoms with Crippen LogP contribution in [0.15, 0.2) is 109 Å². The number of phosphoric ester groups is 1. The van der Waals surface area contributed by atoms with Crippen LogP contribution in [-0.4, -0.2) is 61.5 Å². The second-order valence-corrected chi connectivity index (χ2v) is 15.3. The topological polar surface area (TPSA) is 147 Å². The first-order chi connectivity index (χ1) is 28.3. The smallest absolute Gasteiger partial charge is 0.462 e. The molecule has 3 N–H and O–H groups in total. The zero-order chi connectivity index (χ0) is 42.2. The number of esters is 2. The van der Waals surface area contributed by atoms with Crippen molar-refractivity contribution < 1.29 is 42.3 Å². The van der Waals surface area contributed by atoms with E-state index in [0.717, 1.165) is 64.2 Å². The Morgan fingerprint density at radius 1 is 0.621 bits per heavy atom. The van der Waals surface area contributed by atoms with Crippen molar-refractivity contribution in [3.05, 3.63) is 109 Å². The maximum atomic E-state index is 12.6. The summed E-state index contributed by atoms with van der Waals surface area (Å²) in [5.41, 5.74) is 5.34. The maximum absolute atomic E-state index is 12.6. The van der Waals surface area contributed by atoms with Gasteiger partial charge in [-0.2, -0.15) is 0 Å². The standard InChI is InChI=1S/C47H74NO9P/c1-3-5-7-9-11-12-13-14-15-16-17-18-19-20-21-22-25-29-33-37-46(49)53-41-43(42-55-58(51,52)54-40-39-48)56-47(50)38-34-30-26-23-24-28-32-36-45-44(57-45)35-31-27-10-8-6-4-2/h5,7,11-12,14-15,17-18,20-21,23,25-29,31-32,43-45H,3-4,6,8-10,13,16,19,22,24,30,33-42,48H2,1-2H3,(H,51,52)/b7-5-,12-11-,15-14-,18-17-,21-20-,26-23-,29-25-,31-27-,32-28-/t43-,44?,45?/m1/s1. The molecule has 1 aliphatic rings. The van der Waals surface area contributed by atoms with Gasteiger partial charge in [0.15, 0.2) is 6.10 Å². The van der Waals surface area contributed by atoms with Gasteiger partial charge >= 0.3 is 19.8 Å². The first kappa shape index (κ1) is 52.6. The van der Waals surface area contributed by atoms with E-state index >= 15 is 0 Å². The molecule has 326 valence electrons. The molecule has 0 aromatic heterocycles. The number of unbranched alkanes of at least 4 members (excludes halogenated alkanes) is 4. The maximum Gasteiger partial charge on any atom is 0.472 e. The Bertz CT molecular complexity index is 1380. The molecule has 10 nitrogen and oxygen atoms in total. The molecular weight excluding hydrogens is 753 g/mol. The van der Waals surface area contributed by atoms with Crippen molar-refractivity contribution in [2.75, 3.05) is 26.4 Å². The molecule has 4 atom stereocenters. The molecule has 0 bridgehead atoms. The molecule has 0 aliphatic carbocycles. The lowest BCUT2D eigenvalue weighted by atomic mass is 10.1. The lowest BCUT2D eigenvalue weighted by Crippen LogP contribution is -2.29. The van der Waals surface area contributed by atoms with Gasteiger partial charge in [0.1, 0.15) is 6.61 Å². The fourth-order valence-corrected chi connectivity index (χ4v) is 6.05. The summed E-state index contributed by atoms with van der Waals surface area (Å²) in [6.07, 6.45) is 53.1.